The monoisotopic (exact) mass is 352 g/mol. The Bertz CT molecular complexity index is 844. The highest BCUT2D eigenvalue weighted by Crippen LogP contribution is 2.37. The molecule has 0 unspecified atom stereocenters. The number of imide groups is 1. The first-order chi connectivity index (χ1) is 11.4. The summed E-state index contributed by atoms with van der Waals surface area (Å²) in [4.78, 5) is 25.7. The molecular formula is C16H11F3N2O2S. The average Bonchev–Trinajstić information content (AvgIpc) is 2.82. The Balaban J connectivity index is 1.90. The summed E-state index contributed by atoms with van der Waals surface area (Å²) in [6.45, 7) is 0. The Labute approximate surface area is 139 Å². The summed E-state index contributed by atoms with van der Waals surface area (Å²) in [6.07, 6.45) is -0.184. The van der Waals surface area contributed by atoms with Crippen molar-refractivity contribution in [3.05, 3.63) is 53.8 Å². The molecule has 0 aliphatic carbocycles. The van der Waals surface area contributed by atoms with Crippen molar-refractivity contribution in [2.75, 3.05) is 10.6 Å². The van der Waals surface area contributed by atoms with Crippen molar-refractivity contribution < 1.29 is 22.8 Å². The molecule has 1 aliphatic heterocycles. The van der Waals surface area contributed by atoms with E-state index in [1.807, 2.05) is 0 Å². The van der Waals surface area contributed by atoms with E-state index in [-0.39, 0.29) is 6.42 Å². The second-order valence-corrected chi connectivity index (χ2v) is 6.35. The van der Waals surface area contributed by atoms with Crippen LogP contribution in [0.5, 0.6) is 0 Å². The number of nitrogens with zero attached hydrogens (tertiary/aromatic N) is 1. The molecule has 124 valence electrons. The molecule has 1 aliphatic rings. The number of carbonyl (C=O) groups is 2. The number of hydrogen-bond acceptors (Lipinski definition) is 4. The first-order valence-electron chi connectivity index (χ1n) is 6.91. The van der Waals surface area contributed by atoms with Crippen molar-refractivity contribution in [3.8, 4) is 0 Å². The average molecular weight is 352 g/mol. The molecule has 8 heteroatoms. The molecule has 4 nitrogen and oxygen atoms in total. The molecule has 1 saturated heterocycles. The number of nitrogen functional groups attached to an aromatic ring is 1. The van der Waals surface area contributed by atoms with E-state index >= 15 is 0 Å². The predicted molar refractivity (Wildman–Crippen MR) is 83.9 cm³/mol. The lowest BCUT2D eigenvalue weighted by atomic mass is 10.2. The Kier molecular flexibility index (Phi) is 4.23. The van der Waals surface area contributed by atoms with Crippen molar-refractivity contribution in [3.63, 3.8) is 0 Å². The molecule has 3 rings (SSSR count). The number of nitrogens with two attached hydrogens (primary N) is 1. The number of halogens is 3. The van der Waals surface area contributed by atoms with Crippen LogP contribution in [0, 0.1) is 17.5 Å². The van der Waals surface area contributed by atoms with Crippen LogP contribution in [0.4, 0.5) is 24.5 Å². The van der Waals surface area contributed by atoms with Crippen LogP contribution < -0.4 is 10.6 Å². The fourth-order valence-electron chi connectivity index (χ4n) is 2.38. The minimum Gasteiger partial charge on any atom is -0.398 e. The summed E-state index contributed by atoms with van der Waals surface area (Å²) in [7, 11) is 0. The molecule has 0 radical (unpaired) electrons. The van der Waals surface area contributed by atoms with Gasteiger partial charge in [0.2, 0.25) is 11.8 Å². The maximum Gasteiger partial charge on any atom is 0.247 e. The molecule has 2 aromatic rings. The lowest BCUT2D eigenvalue weighted by Crippen LogP contribution is -2.32. The van der Waals surface area contributed by atoms with Gasteiger partial charge in [-0.15, -0.1) is 11.8 Å². The quantitative estimate of drug-likeness (QED) is 0.524. The molecule has 0 saturated carbocycles. The summed E-state index contributed by atoms with van der Waals surface area (Å²) >= 11 is 1.07. The smallest absolute Gasteiger partial charge is 0.247 e. The zero-order chi connectivity index (χ0) is 17.4. The second-order valence-electron chi connectivity index (χ2n) is 5.11. The van der Waals surface area contributed by atoms with Gasteiger partial charge in [-0.1, -0.05) is 12.1 Å². The number of carbonyl (C=O) groups excluding carboxylic acids is 2. The van der Waals surface area contributed by atoms with Crippen LogP contribution in [0.25, 0.3) is 0 Å². The number of amides is 2. The highest BCUT2D eigenvalue weighted by molar-refractivity contribution is 8.00. The number of anilines is 2. The van der Waals surface area contributed by atoms with E-state index in [0.717, 1.165) is 17.8 Å². The van der Waals surface area contributed by atoms with E-state index in [2.05, 4.69) is 0 Å². The maximum absolute atomic E-state index is 13.9. The Morgan fingerprint density at radius 3 is 2.46 bits per heavy atom. The van der Waals surface area contributed by atoms with Crippen LogP contribution in [0.3, 0.4) is 0 Å². The SMILES string of the molecule is Nc1ccccc1S[C@H]1CC(=O)N(c2ccc(F)c(F)c2F)C1=O. The van der Waals surface area contributed by atoms with Crippen molar-refractivity contribution in [1.82, 2.24) is 0 Å². The normalized spacial score (nSPS) is 17.6. The van der Waals surface area contributed by atoms with Crippen molar-refractivity contribution in [1.29, 1.82) is 0 Å². The Morgan fingerprint density at radius 2 is 1.75 bits per heavy atom. The van der Waals surface area contributed by atoms with E-state index in [1.54, 1.807) is 24.3 Å². The second kappa shape index (κ2) is 6.20. The zero-order valence-corrected chi connectivity index (χ0v) is 12.9. The summed E-state index contributed by atoms with van der Waals surface area (Å²) in [5.41, 5.74) is 5.66. The molecule has 2 amide bonds. The highest BCUT2D eigenvalue weighted by atomic mass is 32.2. The predicted octanol–water partition coefficient (Wildman–Crippen LogP) is 3.11. The molecule has 24 heavy (non-hydrogen) atoms. The summed E-state index contributed by atoms with van der Waals surface area (Å²) in [5, 5.41) is -0.810. The van der Waals surface area contributed by atoms with Crippen LogP contribution in [-0.4, -0.2) is 17.1 Å². The molecule has 0 spiro atoms. The van der Waals surface area contributed by atoms with Gasteiger partial charge in [0.05, 0.1) is 10.9 Å². The van der Waals surface area contributed by atoms with Gasteiger partial charge in [-0.2, -0.15) is 0 Å². The number of thioether (sulfide) groups is 1. The third-order valence-electron chi connectivity index (χ3n) is 3.55. The van der Waals surface area contributed by atoms with E-state index < -0.39 is 40.2 Å². The molecular weight excluding hydrogens is 341 g/mol. The number of hydrogen-bond donors (Lipinski definition) is 1. The Morgan fingerprint density at radius 1 is 1.04 bits per heavy atom. The van der Waals surface area contributed by atoms with Gasteiger partial charge in [0.15, 0.2) is 17.5 Å². The molecule has 1 atom stereocenters. The molecule has 2 N–H and O–H groups in total. The minimum absolute atomic E-state index is 0.184. The van der Waals surface area contributed by atoms with E-state index in [1.165, 1.54) is 0 Å². The van der Waals surface area contributed by atoms with E-state index in [9.17, 15) is 22.8 Å². The molecule has 1 fully saturated rings. The largest absolute Gasteiger partial charge is 0.398 e. The van der Waals surface area contributed by atoms with Crippen molar-refractivity contribution in [2.24, 2.45) is 0 Å². The maximum atomic E-state index is 13.9. The van der Waals surface area contributed by atoms with E-state index in [0.29, 0.717) is 21.5 Å². The number of para-hydroxylation sites is 1. The lowest BCUT2D eigenvalue weighted by molar-refractivity contribution is -0.121. The fourth-order valence-corrected chi connectivity index (χ4v) is 3.48. The summed E-state index contributed by atoms with van der Waals surface area (Å²) in [5.74, 6) is -6.06. The molecule has 0 bridgehead atoms. The van der Waals surface area contributed by atoms with Crippen molar-refractivity contribution >= 4 is 35.0 Å². The first kappa shape index (κ1) is 16.4. The number of rotatable bonds is 3. The van der Waals surface area contributed by atoms with Gasteiger partial charge < -0.3 is 5.73 Å². The standard InChI is InChI=1S/C16H11F3N2O2S/c17-8-5-6-10(15(19)14(8)18)21-13(22)7-12(16(21)23)24-11-4-2-1-3-9(11)20/h1-6,12H,7,20H2/t12-/m0/s1. The third-order valence-corrected chi connectivity index (χ3v) is 4.83. The summed E-state index contributed by atoms with van der Waals surface area (Å²) < 4.78 is 40.3. The van der Waals surface area contributed by atoms with E-state index in [4.69, 9.17) is 5.73 Å². The van der Waals surface area contributed by atoms with Gasteiger partial charge in [-0.3, -0.25) is 9.59 Å². The van der Waals surface area contributed by atoms with Gasteiger partial charge >= 0.3 is 0 Å². The van der Waals surface area contributed by atoms with Crippen LogP contribution in [-0.2, 0) is 9.59 Å². The highest BCUT2D eigenvalue weighted by Gasteiger charge is 2.42. The molecule has 2 aromatic carbocycles. The van der Waals surface area contributed by atoms with Crippen LogP contribution in [0.15, 0.2) is 41.3 Å². The van der Waals surface area contributed by atoms with Gasteiger partial charge in [0.1, 0.15) is 0 Å². The van der Waals surface area contributed by atoms with Crippen molar-refractivity contribution in [2.45, 2.75) is 16.6 Å². The Hall–Kier alpha value is -2.48. The zero-order valence-electron chi connectivity index (χ0n) is 12.1. The van der Waals surface area contributed by atoms with Gasteiger partial charge in [0, 0.05) is 17.0 Å². The first-order valence-corrected chi connectivity index (χ1v) is 7.79. The van der Waals surface area contributed by atoms with Gasteiger partial charge in [-0.25, -0.2) is 18.1 Å². The summed E-state index contributed by atoms with van der Waals surface area (Å²) in [6, 6.07) is 8.34. The fraction of sp³-hybridized carbons (Fsp3) is 0.125. The lowest BCUT2D eigenvalue weighted by Gasteiger charge is -2.16. The van der Waals surface area contributed by atoms with Crippen LogP contribution >= 0.6 is 11.8 Å². The van der Waals surface area contributed by atoms with Gasteiger partial charge in [-0.05, 0) is 24.3 Å². The molecule has 0 aromatic heterocycles. The third kappa shape index (κ3) is 2.73. The number of benzene rings is 2. The molecule has 1 heterocycles. The van der Waals surface area contributed by atoms with Crippen LogP contribution in [0.1, 0.15) is 6.42 Å². The van der Waals surface area contributed by atoms with Gasteiger partial charge in [0.25, 0.3) is 0 Å². The topological polar surface area (TPSA) is 63.4 Å². The minimum atomic E-state index is -1.73. The van der Waals surface area contributed by atoms with Crippen LogP contribution in [0.2, 0.25) is 0 Å².